The lowest BCUT2D eigenvalue weighted by molar-refractivity contribution is 1.19. The van der Waals surface area contributed by atoms with E-state index in [2.05, 4.69) is 250 Å². The zero-order valence-electron chi connectivity index (χ0n) is 34.4. The lowest BCUT2D eigenvalue weighted by Crippen LogP contribution is -2.09. The number of rotatable bonds is 7. The van der Waals surface area contributed by atoms with Gasteiger partial charge in [-0.3, -0.25) is 0 Å². The molecular weight excluding hydrogens is 763 g/mol. The van der Waals surface area contributed by atoms with Crippen molar-refractivity contribution >= 4 is 76.8 Å². The molecule has 13 rings (SSSR count). The smallest absolute Gasteiger partial charge is 0.0642 e. The van der Waals surface area contributed by atoms with Crippen LogP contribution >= 0.6 is 0 Å². The molecule has 0 spiro atoms. The molecule has 294 valence electrons. The third kappa shape index (κ3) is 5.40. The van der Waals surface area contributed by atoms with Crippen LogP contribution in [0.4, 0.5) is 17.1 Å². The van der Waals surface area contributed by atoms with Crippen LogP contribution in [0.15, 0.2) is 237 Å². The Morgan fingerprint density at radius 3 is 1.52 bits per heavy atom. The van der Waals surface area contributed by atoms with Crippen molar-refractivity contribution in [3.63, 3.8) is 0 Å². The zero-order chi connectivity index (χ0) is 41.4. The highest BCUT2D eigenvalue weighted by atomic mass is 15.1. The first kappa shape index (κ1) is 35.4. The minimum atomic E-state index is 1.12. The van der Waals surface area contributed by atoms with Gasteiger partial charge in [0.15, 0.2) is 0 Å². The Bertz CT molecular complexity index is 3750. The van der Waals surface area contributed by atoms with Gasteiger partial charge < -0.3 is 13.9 Å². The van der Waals surface area contributed by atoms with Crippen LogP contribution in [0, 0.1) is 0 Å². The molecule has 10 aromatic carbocycles. The van der Waals surface area contributed by atoms with Crippen molar-refractivity contribution in [3.05, 3.63) is 237 Å². The maximum atomic E-state index is 2.57. The van der Waals surface area contributed by atoms with E-state index in [1.165, 1.54) is 93.3 Å². The molecule has 0 aliphatic heterocycles. The molecule has 0 aliphatic carbocycles. The number of aromatic nitrogens is 2. The molecule has 63 heavy (non-hydrogen) atoms. The summed E-state index contributed by atoms with van der Waals surface area (Å²) in [6.45, 7) is 0. The van der Waals surface area contributed by atoms with Crippen LogP contribution in [0.3, 0.4) is 0 Å². The van der Waals surface area contributed by atoms with Gasteiger partial charge in [-0.15, -0.1) is 0 Å². The normalized spacial score (nSPS) is 11.8. The van der Waals surface area contributed by atoms with Crippen LogP contribution < -0.4 is 4.90 Å². The van der Waals surface area contributed by atoms with Crippen LogP contribution in [0.5, 0.6) is 0 Å². The number of anilines is 3. The van der Waals surface area contributed by atoms with E-state index >= 15 is 0 Å². The van der Waals surface area contributed by atoms with Gasteiger partial charge in [0, 0.05) is 55.2 Å². The molecule has 0 saturated carbocycles. The Morgan fingerprint density at radius 1 is 0.317 bits per heavy atom. The summed E-state index contributed by atoms with van der Waals surface area (Å²) < 4.78 is 5.10. The van der Waals surface area contributed by atoms with E-state index in [0.717, 1.165) is 22.7 Å². The molecule has 0 aliphatic rings. The van der Waals surface area contributed by atoms with E-state index in [0.29, 0.717) is 0 Å². The number of hydrogen-bond acceptors (Lipinski definition) is 1. The van der Waals surface area contributed by atoms with E-state index in [-0.39, 0.29) is 0 Å². The van der Waals surface area contributed by atoms with Gasteiger partial charge in [-0.2, -0.15) is 0 Å². The van der Waals surface area contributed by atoms with E-state index in [1.807, 2.05) is 0 Å². The first-order chi connectivity index (χ1) is 31.3. The molecule has 0 fully saturated rings. The topological polar surface area (TPSA) is 12.6 Å². The van der Waals surface area contributed by atoms with Crippen molar-refractivity contribution in [3.8, 4) is 39.2 Å². The summed E-state index contributed by atoms with van der Waals surface area (Å²) in [5.74, 6) is 0. The molecule has 0 N–H and O–H groups in total. The monoisotopic (exact) mass is 801 g/mol. The first-order valence-corrected chi connectivity index (χ1v) is 21.7. The van der Waals surface area contributed by atoms with E-state index in [9.17, 15) is 0 Å². The molecule has 3 heterocycles. The van der Waals surface area contributed by atoms with Crippen molar-refractivity contribution in [1.82, 2.24) is 8.97 Å². The highest BCUT2D eigenvalue weighted by Crippen LogP contribution is 2.50. The van der Waals surface area contributed by atoms with Crippen molar-refractivity contribution in [2.45, 2.75) is 0 Å². The summed E-state index contributed by atoms with van der Waals surface area (Å²) in [5, 5.41) is 8.78. The molecule has 13 aromatic rings. The largest absolute Gasteiger partial charge is 0.311 e. The second-order valence-electron chi connectivity index (χ2n) is 16.5. The standard InChI is InChI=1S/C60H39N3/c1-5-17-42(18-6-1)55-51-37-38-54-57-56-52(50-27-15-16-28-53(50)63(60(51)57)58(55)43-19-7-2-8-20-43)39-44-21-13-14-26-49(44)59(56)62(54)48-35-31-41(32-36-48)40-29-33-47(34-30-40)61(45-22-9-3-10-23-45)46-24-11-4-12-25-46/h1-39H. The Hall–Kier alpha value is -8.40. The van der Waals surface area contributed by atoms with Gasteiger partial charge in [-0.05, 0) is 99.8 Å². The number of nitrogens with zero attached hydrogens (tertiary/aromatic N) is 3. The summed E-state index contributed by atoms with van der Waals surface area (Å²) in [5.41, 5.74) is 16.6. The summed E-state index contributed by atoms with van der Waals surface area (Å²) in [6.07, 6.45) is 0. The van der Waals surface area contributed by atoms with Crippen molar-refractivity contribution in [1.29, 1.82) is 0 Å². The molecule has 0 atom stereocenters. The predicted octanol–water partition coefficient (Wildman–Crippen LogP) is 16.4. The zero-order valence-corrected chi connectivity index (χ0v) is 34.4. The summed E-state index contributed by atoms with van der Waals surface area (Å²) >= 11 is 0. The molecule has 0 radical (unpaired) electrons. The lowest BCUT2D eigenvalue weighted by atomic mass is 9.96. The maximum absolute atomic E-state index is 2.57. The van der Waals surface area contributed by atoms with Gasteiger partial charge in [0.05, 0.1) is 27.8 Å². The van der Waals surface area contributed by atoms with E-state index < -0.39 is 0 Å². The fourth-order valence-electron chi connectivity index (χ4n) is 10.3. The van der Waals surface area contributed by atoms with Crippen LogP contribution in [0.2, 0.25) is 0 Å². The highest BCUT2D eigenvalue weighted by molar-refractivity contribution is 6.36. The average molecular weight is 802 g/mol. The van der Waals surface area contributed by atoms with Gasteiger partial charge in [0.2, 0.25) is 0 Å². The van der Waals surface area contributed by atoms with Crippen molar-refractivity contribution in [2.24, 2.45) is 0 Å². The fraction of sp³-hybridized carbons (Fsp3) is 0. The van der Waals surface area contributed by atoms with Gasteiger partial charge >= 0.3 is 0 Å². The molecule has 3 aromatic heterocycles. The average Bonchev–Trinajstić information content (AvgIpc) is 3.86. The summed E-state index contributed by atoms with van der Waals surface area (Å²) in [6, 6.07) is 86.2. The predicted molar refractivity (Wildman–Crippen MR) is 266 cm³/mol. The second kappa shape index (κ2) is 14.1. The van der Waals surface area contributed by atoms with Crippen LogP contribution in [0.1, 0.15) is 0 Å². The Balaban J connectivity index is 1.06. The maximum Gasteiger partial charge on any atom is 0.0642 e. The van der Waals surface area contributed by atoms with Gasteiger partial charge in [-0.25, -0.2) is 0 Å². The fourth-order valence-corrected chi connectivity index (χ4v) is 10.3. The molecule has 0 bridgehead atoms. The Morgan fingerprint density at radius 2 is 0.857 bits per heavy atom. The van der Waals surface area contributed by atoms with Crippen LogP contribution in [0.25, 0.3) is 99.0 Å². The van der Waals surface area contributed by atoms with Crippen LogP contribution in [-0.2, 0) is 0 Å². The third-order valence-corrected chi connectivity index (χ3v) is 13.0. The second-order valence-corrected chi connectivity index (χ2v) is 16.5. The molecule has 3 nitrogen and oxygen atoms in total. The highest BCUT2D eigenvalue weighted by Gasteiger charge is 2.27. The summed E-state index contributed by atoms with van der Waals surface area (Å²) in [4.78, 5) is 2.31. The van der Waals surface area contributed by atoms with E-state index in [4.69, 9.17) is 0 Å². The van der Waals surface area contributed by atoms with Gasteiger partial charge in [0.1, 0.15) is 0 Å². The molecule has 3 heteroatoms. The minimum absolute atomic E-state index is 1.12. The lowest BCUT2D eigenvalue weighted by Gasteiger charge is -2.25. The molecule has 0 unspecified atom stereocenters. The first-order valence-electron chi connectivity index (χ1n) is 21.7. The molecular formula is C60H39N3. The number of hydrogen-bond donors (Lipinski definition) is 0. The quantitative estimate of drug-likeness (QED) is 0.156. The number of fused-ring (bicyclic) bond motifs is 5. The minimum Gasteiger partial charge on any atom is -0.311 e. The Kier molecular flexibility index (Phi) is 7.91. The Labute approximate surface area is 364 Å². The van der Waals surface area contributed by atoms with Gasteiger partial charge in [0.25, 0.3) is 0 Å². The summed E-state index contributed by atoms with van der Waals surface area (Å²) in [7, 11) is 0. The number of para-hydroxylation sites is 3. The van der Waals surface area contributed by atoms with Crippen molar-refractivity contribution in [2.75, 3.05) is 4.90 Å². The third-order valence-electron chi connectivity index (χ3n) is 13.0. The van der Waals surface area contributed by atoms with E-state index in [1.54, 1.807) is 0 Å². The van der Waals surface area contributed by atoms with Gasteiger partial charge in [-0.1, -0.05) is 170 Å². The SMILES string of the molecule is c1ccc(-c2c(-c3ccccc3)n3c4ccccc4c4cc5ccccc5c5c4c4c(ccc2c43)n5-c2ccc(-c3ccc(N(c4ccccc4)c4ccccc4)cc3)cc2)cc1. The number of benzene rings is 10. The molecule has 0 amide bonds. The van der Waals surface area contributed by atoms with Crippen LogP contribution in [-0.4, -0.2) is 8.97 Å². The molecule has 0 saturated heterocycles. The van der Waals surface area contributed by atoms with Crippen molar-refractivity contribution < 1.29 is 0 Å².